The van der Waals surface area contributed by atoms with Gasteiger partial charge in [0.05, 0.1) is 12.0 Å². The van der Waals surface area contributed by atoms with Crippen molar-refractivity contribution in [2.45, 2.75) is 32.3 Å². The third kappa shape index (κ3) is 5.23. The fraction of sp³-hybridized carbons (Fsp3) is 0.471. The molecule has 1 aliphatic heterocycles. The highest BCUT2D eigenvalue weighted by molar-refractivity contribution is 5.94. The summed E-state index contributed by atoms with van der Waals surface area (Å²) in [5.74, 6) is -3.39. The maximum Gasteiger partial charge on any atom is 0.308 e. The van der Waals surface area contributed by atoms with Crippen LogP contribution in [-0.4, -0.2) is 48.4 Å². The van der Waals surface area contributed by atoms with Gasteiger partial charge in [-0.15, -0.1) is 0 Å². The molecule has 2 amide bonds. The van der Waals surface area contributed by atoms with Gasteiger partial charge in [0.2, 0.25) is 0 Å². The minimum absolute atomic E-state index is 0.0842. The third-order valence-corrected chi connectivity index (χ3v) is 3.86. The summed E-state index contributed by atoms with van der Waals surface area (Å²) >= 11 is 0. The average Bonchev–Trinajstić information content (AvgIpc) is 3.08. The molecule has 1 atom stereocenters. The first-order chi connectivity index (χ1) is 11.9. The summed E-state index contributed by atoms with van der Waals surface area (Å²) in [5.41, 5.74) is -0.313. The van der Waals surface area contributed by atoms with Gasteiger partial charge in [0.15, 0.2) is 6.10 Å². The first-order valence-corrected chi connectivity index (χ1v) is 8.10. The molecule has 0 aromatic heterocycles. The first-order valence-electron chi connectivity index (χ1n) is 8.10. The molecule has 25 heavy (non-hydrogen) atoms. The second kappa shape index (κ2) is 8.55. The van der Waals surface area contributed by atoms with Gasteiger partial charge in [-0.05, 0) is 31.9 Å². The van der Waals surface area contributed by atoms with E-state index in [9.17, 15) is 23.2 Å². The van der Waals surface area contributed by atoms with Crippen LogP contribution in [0.4, 0.5) is 8.78 Å². The van der Waals surface area contributed by atoms with Crippen molar-refractivity contribution in [3.63, 3.8) is 0 Å². The molecule has 0 radical (unpaired) electrons. The van der Waals surface area contributed by atoms with Crippen LogP contribution in [0.1, 0.15) is 36.5 Å². The van der Waals surface area contributed by atoms with E-state index in [1.165, 1.54) is 6.92 Å². The Morgan fingerprint density at radius 1 is 1.24 bits per heavy atom. The number of ether oxygens (including phenoxy) is 1. The van der Waals surface area contributed by atoms with Crippen LogP contribution in [0.3, 0.4) is 0 Å². The lowest BCUT2D eigenvalue weighted by Gasteiger charge is -2.20. The van der Waals surface area contributed by atoms with Crippen molar-refractivity contribution < 1.29 is 27.9 Å². The van der Waals surface area contributed by atoms with Gasteiger partial charge in [-0.3, -0.25) is 14.4 Å². The number of carbonyl (C=O) groups is 3. The Labute approximate surface area is 144 Å². The van der Waals surface area contributed by atoms with Gasteiger partial charge < -0.3 is 15.0 Å². The van der Waals surface area contributed by atoms with Gasteiger partial charge in [0, 0.05) is 25.7 Å². The van der Waals surface area contributed by atoms with Crippen LogP contribution < -0.4 is 5.32 Å². The number of hydrogen-bond acceptors (Lipinski definition) is 4. The topological polar surface area (TPSA) is 75.7 Å². The minimum Gasteiger partial charge on any atom is -0.452 e. The van der Waals surface area contributed by atoms with Gasteiger partial charge in [0.1, 0.15) is 11.6 Å². The number of nitrogens with zero attached hydrogens (tertiary/aromatic N) is 1. The fourth-order valence-electron chi connectivity index (χ4n) is 2.55. The summed E-state index contributed by atoms with van der Waals surface area (Å²) in [7, 11) is 0. The number of halogens is 2. The molecule has 0 saturated carbocycles. The lowest BCUT2D eigenvalue weighted by molar-refractivity contribution is -0.158. The van der Waals surface area contributed by atoms with Crippen LogP contribution in [-0.2, 0) is 14.3 Å². The monoisotopic (exact) mass is 354 g/mol. The number of amides is 2. The number of nitrogens with one attached hydrogen (secondary N) is 1. The Morgan fingerprint density at radius 3 is 2.56 bits per heavy atom. The van der Waals surface area contributed by atoms with Crippen molar-refractivity contribution in [2.24, 2.45) is 0 Å². The molecule has 1 fully saturated rings. The van der Waals surface area contributed by atoms with E-state index < -0.39 is 29.6 Å². The molecule has 1 aliphatic rings. The van der Waals surface area contributed by atoms with Crippen molar-refractivity contribution in [3.8, 4) is 0 Å². The highest BCUT2D eigenvalue weighted by Crippen LogP contribution is 2.11. The SMILES string of the molecule is CC(OC(=O)CCNC(=O)c1ccc(F)cc1F)C(=O)N1CCCC1. The summed E-state index contributed by atoms with van der Waals surface area (Å²) in [4.78, 5) is 37.2. The lowest BCUT2D eigenvalue weighted by Crippen LogP contribution is -2.38. The molecule has 1 aromatic carbocycles. The molecular weight excluding hydrogens is 334 g/mol. The molecule has 8 heteroatoms. The number of benzene rings is 1. The van der Waals surface area contributed by atoms with E-state index in [0.717, 1.165) is 25.0 Å². The van der Waals surface area contributed by atoms with E-state index in [-0.39, 0.29) is 24.4 Å². The Kier molecular flexibility index (Phi) is 6.44. The lowest BCUT2D eigenvalue weighted by atomic mass is 10.2. The molecule has 6 nitrogen and oxygen atoms in total. The molecule has 0 bridgehead atoms. The summed E-state index contributed by atoms with van der Waals surface area (Å²) in [6, 6.07) is 2.60. The van der Waals surface area contributed by atoms with Gasteiger partial charge in [-0.1, -0.05) is 0 Å². The highest BCUT2D eigenvalue weighted by Gasteiger charge is 2.25. The van der Waals surface area contributed by atoms with Crippen molar-refractivity contribution in [1.82, 2.24) is 10.2 Å². The molecule has 1 N–H and O–H groups in total. The van der Waals surface area contributed by atoms with E-state index in [0.29, 0.717) is 19.2 Å². The minimum atomic E-state index is -0.982. The van der Waals surface area contributed by atoms with E-state index >= 15 is 0 Å². The predicted molar refractivity (Wildman–Crippen MR) is 84.7 cm³/mol. The Bertz CT molecular complexity index is 660. The molecule has 0 aliphatic carbocycles. The smallest absolute Gasteiger partial charge is 0.308 e. The van der Waals surface area contributed by atoms with Crippen molar-refractivity contribution >= 4 is 17.8 Å². The standard InChI is InChI=1S/C17H20F2N2O4/c1-11(17(24)21-8-2-3-9-21)25-15(22)6-7-20-16(23)13-5-4-12(18)10-14(13)19/h4-5,10-11H,2-3,6-9H2,1H3,(H,20,23). The van der Waals surface area contributed by atoms with Crippen LogP contribution >= 0.6 is 0 Å². The second-order valence-electron chi connectivity index (χ2n) is 5.79. The van der Waals surface area contributed by atoms with Crippen molar-refractivity contribution in [3.05, 3.63) is 35.4 Å². The summed E-state index contributed by atoms with van der Waals surface area (Å²) < 4.78 is 31.3. The van der Waals surface area contributed by atoms with E-state index in [4.69, 9.17) is 4.74 Å². The van der Waals surface area contributed by atoms with E-state index in [1.807, 2.05) is 0 Å². The third-order valence-electron chi connectivity index (χ3n) is 3.86. The number of likely N-dealkylation sites (tertiary alicyclic amines) is 1. The first kappa shape index (κ1) is 18.8. The number of hydrogen-bond donors (Lipinski definition) is 1. The summed E-state index contributed by atoms with van der Waals surface area (Å²) in [6.07, 6.45) is 0.846. The predicted octanol–water partition coefficient (Wildman–Crippen LogP) is 1.64. The van der Waals surface area contributed by atoms with Crippen LogP contribution in [0.15, 0.2) is 18.2 Å². The van der Waals surface area contributed by atoms with Crippen molar-refractivity contribution in [1.29, 1.82) is 0 Å². The number of carbonyl (C=O) groups excluding carboxylic acids is 3. The Hall–Kier alpha value is -2.51. The fourth-order valence-corrected chi connectivity index (χ4v) is 2.55. The van der Waals surface area contributed by atoms with Gasteiger partial charge in [0.25, 0.3) is 11.8 Å². The van der Waals surface area contributed by atoms with Crippen LogP contribution in [0.5, 0.6) is 0 Å². The quantitative estimate of drug-likeness (QED) is 0.788. The molecule has 1 aromatic rings. The molecule has 2 rings (SSSR count). The van der Waals surface area contributed by atoms with Gasteiger partial charge in [-0.2, -0.15) is 0 Å². The maximum atomic E-state index is 13.5. The Morgan fingerprint density at radius 2 is 1.92 bits per heavy atom. The normalized spacial score (nSPS) is 14.9. The Balaban J connectivity index is 1.74. The molecule has 1 unspecified atom stereocenters. The van der Waals surface area contributed by atoms with Gasteiger partial charge in [-0.25, -0.2) is 8.78 Å². The molecule has 136 valence electrons. The second-order valence-corrected chi connectivity index (χ2v) is 5.79. The summed E-state index contributed by atoms with van der Waals surface area (Å²) in [5, 5.41) is 2.35. The van der Waals surface area contributed by atoms with Crippen molar-refractivity contribution in [2.75, 3.05) is 19.6 Å². The summed E-state index contributed by atoms with van der Waals surface area (Å²) in [6.45, 7) is 2.75. The average molecular weight is 354 g/mol. The highest BCUT2D eigenvalue weighted by atomic mass is 19.1. The van der Waals surface area contributed by atoms with Crippen LogP contribution in [0.2, 0.25) is 0 Å². The van der Waals surface area contributed by atoms with E-state index in [2.05, 4.69) is 5.32 Å². The zero-order chi connectivity index (χ0) is 18.4. The maximum absolute atomic E-state index is 13.5. The van der Waals surface area contributed by atoms with E-state index in [1.54, 1.807) is 4.90 Å². The molecule has 0 spiro atoms. The van der Waals surface area contributed by atoms with Crippen LogP contribution in [0.25, 0.3) is 0 Å². The van der Waals surface area contributed by atoms with Crippen LogP contribution in [0, 0.1) is 11.6 Å². The zero-order valence-corrected chi connectivity index (χ0v) is 13.9. The largest absolute Gasteiger partial charge is 0.452 e. The zero-order valence-electron chi connectivity index (χ0n) is 13.9. The van der Waals surface area contributed by atoms with Gasteiger partial charge >= 0.3 is 5.97 Å². The molecule has 1 saturated heterocycles. The number of rotatable bonds is 6. The molecule has 1 heterocycles. The number of esters is 1. The molecular formula is C17H20F2N2O4.